The summed E-state index contributed by atoms with van der Waals surface area (Å²) in [7, 11) is 0. The second-order valence-electron chi connectivity index (χ2n) is 9.17. The number of para-hydroxylation sites is 1. The van der Waals surface area contributed by atoms with E-state index in [1.165, 1.54) is 0 Å². The zero-order valence-corrected chi connectivity index (χ0v) is 19.7. The average Bonchev–Trinajstić information content (AvgIpc) is 2.83. The number of aliphatic hydroxyl groups is 1. The largest absolute Gasteiger partial charge is 1.00 e. The molecule has 0 spiro atoms. The molecule has 6 rings (SSSR count). The summed E-state index contributed by atoms with van der Waals surface area (Å²) >= 11 is 0. The third-order valence-electron chi connectivity index (χ3n) is 7.66. The first kappa shape index (κ1) is 22.7. The molecule has 5 atom stereocenters. The number of benzene rings is 2. The van der Waals surface area contributed by atoms with Gasteiger partial charge in [0.25, 0.3) is 0 Å². The number of piperidine rings is 3. The van der Waals surface area contributed by atoms with E-state index < -0.39 is 6.10 Å². The molecule has 0 saturated carbocycles. The van der Waals surface area contributed by atoms with E-state index in [-0.39, 0.29) is 23.0 Å². The number of halogens is 1. The number of hydrogen-bond acceptors (Lipinski definition) is 3. The van der Waals surface area contributed by atoms with Crippen molar-refractivity contribution >= 4 is 10.9 Å². The van der Waals surface area contributed by atoms with Crippen LogP contribution < -0.4 is 17.0 Å². The fourth-order valence-electron chi connectivity index (χ4n) is 6.07. The number of pyridine rings is 1. The van der Waals surface area contributed by atoms with Gasteiger partial charge in [0, 0.05) is 35.9 Å². The Hall–Kier alpha value is -2.52. The second kappa shape index (κ2) is 9.15. The van der Waals surface area contributed by atoms with Gasteiger partial charge in [0.2, 0.25) is 0 Å². The molecule has 1 unspecified atom stereocenters. The number of nitrogens with zero attached hydrogens (tertiary/aromatic N) is 3. The number of nitriles is 1. The maximum absolute atomic E-state index is 11.8. The lowest BCUT2D eigenvalue weighted by molar-refractivity contribution is -0.985. The van der Waals surface area contributed by atoms with Crippen LogP contribution in [0.2, 0.25) is 0 Å². The molecule has 2 bridgehead atoms. The highest BCUT2D eigenvalue weighted by Gasteiger charge is 2.54. The van der Waals surface area contributed by atoms with E-state index in [0.717, 1.165) is 64.6 Å². The van der Waals surface area contributed by atoms with E-state index in [9.17, 15) is 10.4 Å². The van der Waals surface area contributed by atoms with Crippen molar-refractivity contribution in [3.8, 4) is 6.07 Å². The van der Waals surface area contributed by atoms with Gasteiger partial charge in [-0.25, -0.2) is 0 Å². The molecule has 1 N–H and O–H groups in total. The molecule has 3 aliphatic rings. The monoisotopic (exact) mass is 489 g/mol. The van der Waals surface area contributed by atoms with Crippen LogP contribution in [-0.2, 0) is 6.54 Å². The van der Waals surface area contributed by atoms with Gasteiger partial charge in [0.15, 0.2) is 0 Å². The summed E-state index contributed by atoms with van der Waals surface area (Å²) < 4.78 is 0.809. The van der Waals surface area contributed by atoms with Crippen molar-refractivity contribution in [2.45, 2.75) is 31.5 Å². The molecule has 5 heteroatoms. The smallest absolute Gasteiger partial charge is 0.131 e. The van der Waals surface area contributed by atoms with Gasteiger partial charge in [-0.2, -0.15) is 5.26 Å². The second-order valence-corrected chi connectivity index (χ2v) is 9.17. The Kier molecular flexibility index (Phi) is 6.48. The van der Waals surface area contributed by atoms with Crippen LogP contribution in [0.15, 0.2) is 73.4 Å². The predicted molar refractivity (Wildman–Crippen MR) is 122 cm³/mol. The van der Waals surface area contributed by atoms with Crippen molar-refractivity contribution in [2.24, 2.45) is 11.8 Å². The van der Waals surface area contributed by atoms with Crippen LogP contribution in [0.25, 0.3) is 10.9 Å². The summed E-state index contributed by atoms with van der Waals surface area (Å²) in [6.45, 7) is 6.88. The number of aliphatic hydroxyl groups excluding tert-OH is 1. The summed E-state index contributed by atoms with van der Waals surface area (Å²) in [6, 6.07) is 20.4. The Morgan fingerprint density at radius 2 is 1.97 bits per heavy atom. The molecule has 164 valence electrons. The SMILES string of the molecule is C=C[C@H]1C[N@+]2(Cc3ccccc3C#N)CC[C@H]1C[C@H]2C(O)c1ccnc2ccccc12.[Br-]. The summed E-state index contributed by atoms with van der Waals surface area (Å²) in [4.78, 5) is 4.48. The Labute approximate surface area is 200 Å². The molecule has 4 heterocycles. The van der Waals surface area contributed by atoms with E-state index in [1.807, 2.05) is 42.5 Å². The Bertz CT molecular complexity index is 1170. The fraction of sp³-hybridized carbons (Fsp3) is 0.333. The van der Waals surface area contributed by atoms with Crippen molar-refractivity contribution in [2.75, 3.05) is 13.1 Å². The van der Waals surface area contributed by atoms with Gasteiger partial charge < -0.3 is 26.6 Å². The molecule has 2 aromatic carbocycles. The highest BCUT2D eigenvalue weighted by Crippen LogP contribution is 2.48. The van der Waals surface area contributed by atoms with Crippen LogP contribution in [0, 0.1) is 23.2 Å². The molecule has 32 heavy (non-hydrogen) atoms. The van der Waals surface area contributed by atoms with Crippen LogP contribution in [0.1, 0.15) is 35.6 Å². The van der Waals surface area contributed by atoms with Crippen LogP contribution in [-0.4, -0.2) is 33.7 Å². The normalized spacial score (nSPS) is 27.3. The van der Waals surface area contributed by atoms with Crippen LogP contribution in [0.4, 0.5) is 0 Å². The van der Waals surface area contributed by atoms with Crippen LogP contribution >= 0.6 is 0 Å². The van der Waals surface area contributed by atoms with Gasteiger partial charge >= 0.3 is 0 Å². The summed E-state index contributed by atoms with van der Waals surface area (Å²) in [5.41, 5.74) is 3.69. The first-order valence-corrected chi connectivity index (χ1v) is 11.1. The Balaban J connectivity index is 0.00000245. The minimum absolute atomic E-state index is 0. The summed E-state index contributed by atoms with van der Waals surface area (Å²) in [5.74, 6) is 1.03. The molecule has 0 amide bonds. The van der Waals surface area contributed by atoms with Crippen molar-refractivity contribution in [3.05, 3.63) is 90.1 Å². The van der Waals surface area contributed by atoms with Gasteiger partial charge in [0.1, 0.15) is 18.7 Å². The Morgan fingerprint density at radius 1 is 1.19 bits per heavy atom. The van der Waals surface area contributed by atoms with Crippen molar-refractivity contribution < 1.29 is 26.6 Å². The lowest BCUT2D eigenvalue weighted by Gasteiger charge is -2.58. The highest BCUT2D eigenvalue weighted by atomic mass is 79.9. The van der Waals surface area contributed by atoms with Crippen LogP contribution in [0.5, 0.6) is 0 Å². The number of rotatable bonds is 5. The van der Waals surface area contributed by atoms with Gasteiger partial charge in [-0.1, -0.05) is 42.5 Å². The maximum Gasteiger partial charge on any atom is 0.131 e. The Morgan fingerprint density at radius 3 is 2.78 bits per heavy atom. The summed E-state index contributed by atoms with van der Waals surface area (Å²) in [6.07, 6.45) is 5.46. The number of fused-ring (bicyclic) bond motifs is 4. The molecule has 3 aromatic rings. The number of hydrogen-bond donors (Lipinski definition) is 1. The third-order valence-corrected chi connectivity index (χ3v) is 7.66. The number of quaternary nitrogens is 1. The predicted octanol–water partition coefficient (Wildman–Crippen LogP) is 1.76. The van der Waals surface area contributed by atoms with Crippen molar-refractivity contribution in [1.82, 2.24) is 4.98 Å². The molecule has 0 aliphatic carbocycles. The summed E-state index contributed by atoms with van der Waals surface area (Å²) in [5, 5.41) is 22.4. The van der Waals surface area contributed by atoms with E-state index in [4.69, 9.17) is 0 Å². The van der Waals surface area contributed by atoms with Gasteiger partial charge in [-0.3, -0.25) is 4.98 Å². The molecule has 0 radical (unpaired) electrons. The third kappa shape index (κ3) is 3.77. The molecule has 4 nitrogen and oxygen atoms in total. The number of aromatic nitrogens is 1. The minimum Gasteiger partial charge on any atom is -1.00 e. The van der Waals surface area contributed by atoms with Crippen LogP contribution in [0.3, 0.4) is 0 Å². The molecule has 3 saturated heterocycles. The lowest BCUT2D eigenvalue weighted by atomic mass is 9.71. The van der Waals surface area contributed by atoms with Gasteiger partial charge in [-0.15, -0.1) is 6.58 Å². The van der Waals surface area contributed by atoms with E-state index >= 15 is 0 Å². The highest BCUT2D eigenvalue weighted by molar-refractivity contribution is 5.82. The molecule has 1 aromatic heterocycles. The standard InChI is InChI=1S/C27H28N3O.BrH/c1-2-19-17-30(18-22-8-4-3-7-21(22)16-28)14-12-20(19)15-26(30)27(31)24-11-13-29-25-10-6-5-9-23(24)25;/h2-11,13,19-20,26-27,31H,1,12,14-15,17-18H2;1H/q+1;/p-1/t19-,20-,26-,27?,30-;/m0./s1. The van der Waals surface area contributed by atoms with E-state index in [0.29, 0.717) is 11.8 Å². The minimum atomic E-state index is -0.573. The molecular formula is C27H28BrN3O. The first-order chi connectivity index (χ1) is 15.1. The maximum atomic E-state index is 11.8. The molecular weight excluding hydrogens is 462 g/mol. The first-order valence-electron chi connectivity index (χ1n) is 11.1. The van der Waals surface area contributed by atoms with E-state index in [1.54, 1.807) is 6.20 Å². The molecule has 3 aliphatic heterocycles. The van der Waals surface area contributed by atoms with Crippen molar-refractivity contribution in [3.63, 3.8) is 0 Å². The topological polar surface area (TPSA) is 56.9 Å². The lowest BCUT2D eigenvalue weighted by Crippen LogP contribution is -3.00. The van der Waals surface area contributed by atoms with E-state index in [2.05, 4.69) is 35.8 Å². The van der Waals surface area contributed by atoms with Gasteiger partial charge in [0.05, 0.1) is 30.2 Å². The zero-order chi connectivity index (χ0) is 21.4. The molecule has 3 fully saturated rings. The fourth-order valence-corrected chi connectivity index (χ4v) is 6.07. The van der Waals surface area contributed by atoms with Gasteiger partial charge in [-0.05, 0) is 29.7 Å². The quantitative estimate of drug-likeness (QED) is 0.438. The zero-order valence-electron chi connectivity index (χ0n) is 18.1. The van der Waals surface area contributed by atoms with Crippen molar-refractivity contribution in [1.29, 1.82) is 5.26 Å². The average molecular weight is 490 g/mol.